The summed E-state index contributed by atoms with van der Waals surface area (Å²) in [6, 6.07) is 14.3. The van der Waals surface area contributed by atoms with Crippen molar-refractivity contribution < 1.29 is 14.3 Å². The summed E-state index contributed by atoms with van der Waals surface area (Å²) in [4.78, 5) is 29.4. The second kappa shape index (κ2) is 8.93. The molecule has 4 aromatic rings. The SMILES string of the molecule is COc1ccc(CCc2nc(NC(=O)c3cc(=O)n(C)c4ccccc34)n[nH]2)cc1OC. The number of para-hydroxylation sites is 1. The molecule has 0 fully saturated rings. The van der Waals surface area contributed by atoms with E-state index in [9.17, 15) is 9.59 Å². The molecule has 164 valence electrons. The molecule has 0 bridgehead atoms. The number of H-pyrrole nitrogens is 1. The van der Waals surface area contributed by atoms with Gasteiger partial charge in [0.15, 0.2) is 11.5 Å². The number of anilines is 1. The number of aromatic nitrogens is 4. The minimum absolute atomic E-state index is 0.155. The molecular formula is C23H23N5O4. The van der Waals surface area contributed by atoms with Crippen LogP contribution >= 0.6 is 0 Å². The van der Waals surface area contributed by atoms with Crippen LogP contribution in [0.2, 0.25) is 0 Å². The predicted molar refractivity (Wildman–Crippen MR) is 120 cm³/mol. The Hall–Kier alpha value is -4.14. The number of fused-ring (bicyclic) bond motifs is 1. The molecular weight excluding hydrogens is 410 g/mol. The van der Waals surface area contributed by atoms with Gasteiger partial charge in [-0.1, -0.05) is 24.3 Å². The number of amides is 1. The smallest absolute Gasteiger partial charge is 0.258 e. The lowest BCUT2D eigenvalue weighted by molar-refractivity contribution is 0.102. The fraction of sp³-hybridized carbons (Fsp3) is 0.217. The number of ether oxygens (including phenoxy) is 2. The number of carbonyl (C=O) groups excluding carboxylic acids is 1. The molecule has 2 aromatic heterocycles. The third kappa shape index (κ3) is 4.18. The van der Waals surface area contributed by atoms with Gasteiger partial charge in [-0.15, -0.1) is 5.10 Å². The van der Waals surface area contributed by atoms with Gasteiger partial charge in [-0.05, 0) is 30.2 Å². The highest BCUT2D eigenvalue weighted by molar-refractivity contribution is 6.11. The van der Waals surface area contributed by atoms with Gasteiger partial charge in [-0.2, -0.15) is 4.98 Å². The largest absolute Gasteiger partial charge is 0.493 e. The lowest BCUT2D eigenvalue weighted by Crippen LogP contribution is -2.22. The Labute approximate surface area is 184 Å². The van der Waals surface area contributed by atoms with Gasteiger partial charge in [0, 0.05) is 24.9 Å². The van der Waals surface area contributed by atoms with E-state index in [0.29, 0.717) is 41.1 Å². The van der Waals surface area contributed by atoms with Crippen LogP contribution in [0, 0.1) is 0 Å². The van der Waals surface area contributed by atoms with E-state index >= 15 is 0 Å². The molecule has 0 aliphatic heterocycles. The molecule has 0 unspecified atom stereocenters. The quantitative estimate of drug-likeness (QED) is 0.464. The molecule has 0 saturated carbocycles. The molecule has 0 aliphatic rings. The van der Waals surface area contributed by atoms with Crippen LogP contribution in [0.1, 0.15) is 21.7 Å². The number of rotatable bonds is 7. The topological polar surface area (TPSA) is 111 Å². The van der Waals surface area contributed by atoms with Gasteiger partial charge >= 0.3 is 0 Å². The van der Waals surface area contributed by atoms with Crippen LogP contribution in [0.4, 0.5) is 5.95 Å². The van der Waals surface area contributed by atoms with E-state index in [0.717, 1.165) is 5.56 Å². The van der Waals surface area contributed by atoms with Gasteiger partial charge < -0.3 is 14.0 Å². The van der Waals surface area contributed by atoms with Crippen LogP contribution in [-0.4, -0.2) is 39.9 Å². The number of carbonyl (C=O) groups is 1. The Kier molecular flexibility index (Phi) is 5.89. The number of hydrogen-bond acceptors (Lipinski definition) is 6. The van der Waals surface area contributed by atoms with E-state index in [4.69, 9.17) is 9.47 Å². The first kappa shape index (κ1) is 21.1. The predicted octanol–water partition coefficient (Wildman–Crippen LogP) is 2.71. The summed E-state index contributed by atoms with van der Waals surface area (Å²) in [5.74, 6) is 1.68. The zero-order valence-corrected chi connectivity index (χ0v) is 18.0. The Morgan fingerprint density at radius 2 is 1.84 bits per heavy atom. The summed E-state index contributed by atoms with van der Waals surface area (Å²) >= 11 is 0. The average molecular weight is 433 g/mol. The van der Waals surface area contributed by atoms with Crippen molar-refractivity contribution >= 4 is 22.8 Å². The summed E-state index contributed by atoms with van der Waals surface area (Å²) in [5.41, 5.74) is 1.74. The number of aromatic amines is 1. The summed E-state index contributed by atoms with van der Waals surface area (Å²) in [6.07, 6.45) is 1.29. The number of benzene rings is 2. The second-order valence-electron chi connectivity index (χ2n) is 7.22. The standard InChI is InChI=1S/C23H23N5O4/c1-28-17-7-5-4-6-15(17)16(13-21(28)29)22(30)25-23-24-20(26-27-23)11-9-14-8-10-18(31-2)19(12-14)32-3/h4-8,10,12-13H,9,11H2,1-3H3,(H2,24,25,26,27,30). The lowest BCUT2D eigenvalue weighted by atomic mass is 10.1. The van der Waals surface area contributed by atoms with Crippen molar-refractivity contribution in [3.8, 4) is 11.5 Å². The van der Waals surface area contributed by atoms with Gasteiger partial charge in [0.1, 0.15) is 5.82 Å². The maximum Gasteiger partial charge on any atom is 0.258 e. The van der Waals surface area contributed by atoms with Gasteiger partial charge in [-0.25, -0.2) is 0 Å². The van der Waals surface area contributed by atoms with Crippen molar-refractivity contribution in [1.82, 2.24) is 19.7 Å². The molecule has 32 heavy (non-hydrogen) atoms. The van der Waals surface area contributed by atoms with Crippen molar-refractivity contribution in [1.29, 1.82) is 0 Å². The fourth-order valence-electron chi connectivity index (χ4n) is 3.53. The van der Waals surface area contributed by atoms with Crippen LogP contribution in [0.15, 0.2) is 53.3 Å². The third-order valence-electron chi connectivity index (χ3n) is 5.25. The van der Waals surface area contributed by atoms with Gasteiger partial charge in [0.25, 0.3) is 11.5 Å². The molecule has 9 nitrogen and oxygen atoms in total. The van der Waals surface area contributed by atoms with Crippen molar-refractivity contribution in [3.63, 3.8) is 0 Å². The highest BCUT2D eigenvalue weighted by atomic mass is 16.5. The number of nitrogens with one attached hydrogen (secondary N) is 2. The highest BCUT2D eigenvalue weighted by Crippen LogP contribution is 2.28. The molecule has 9 heteroatoms. The number of nitrogens with zero attached hydrogens (tertiary/aromatic N) is 3. The van der Waals surface area contributed by atoms with Crippen molar-refractivity contribution in [2.45, 2.75) is 12.8 Å². The molecule has 0 radical (unpaired) electrons. The molecule has 1 amide bonds. The van der Waals surface area contributed by atoms with E-state index in [1.165, 1.54) is 10.6 Å². The molecule has 2 aromatic carbocycles. The van der Waals surface area contributed by atoms with E-state index in [-0.39, 0.29) is 17.1 Å². The van der Waals surface area contributed by atoms with E-state index in [1.807, 2.05) is 30.3 Å². The number of methoxy groups -OCH3 is 2. The molecule has 0 spiro atoms. The fourth-order valence-corrected chi connectivity index (χ4v) is 3.53. The van der Waals surface area contributed by atoms with Crippen LogP contribution in [0.3, 0.4) is 0 Å². The average Bonchev–Trinajstić information content (AvgIpc) is 3.26. The van der Waals surface area contributed by atoms with Gasteiger partial charge in [-0.3, -0.25) is 20.0 Å². The summed E-state index contributed by atoms with van der Waals surface area (Å²) < 4.78 is 12.1. The zero-order chi connectivity index (χ0) is 22.7. The first-order chi connectivity index (χ1) is 15.5. The zero-order valence-electron chi connectivity index (χ0n) is 18.0. The summed E-state index contributed by atoms with van der Waals surface area (Å²) in [5, 5.41) is 10.3. The first-order valence-corrected chi connectivity index (χ1v) is 10.0. The number of pyridine rings is 1. The molecule has 0 atom stereocenters. The molecule has 4 rings (SSSR count). The molecule has 2 heterocycles. The van der Waals surface area contributed by atoms with Crippen molar-refractivity contribution in [2.24, 2.45) is 7.05 Å². The molecule has 0 aliphatic carbocycles. The van der Waals surface area contributed by atoms with Crippen molar-refractivity contribution in [2.75, 3.05) is 19.5 Å². The van der Waals surface area contributed by atoms with Crippen molar-refractivity contribution in [3.05, 3.63) is 75.8 Å². The Morgan fingerprint density at radius 1 is 1.06 bits per heavy atom. The Balaban J connectivity index is 1.47. The van der Waals surface area contributed by atoms with Crippen LogP contribution in [0.25, 0.3) is 10.9 Å². The molecule has 2 N–H and O–H groups in total. The maximum absolute atomic E-state index is 12.8. The van der Waals surface area contributed by atoms with E-state index in [1.54, 1.807) is 33.4 Å². The van der Waals surface area contributed by atoms with Crippen LogP contribution in [0.5, 0.6) is 11.5 Å². The lowest BCUT2D eigenvalue weighted by Gasteiger charge is -2.09. The normalized spacial score (nSPS) is 10.8. The summed E-state index contributed by atoms with van der Waals surface area (Å²) in [7, 11) is 4.86. The monoisotopic (exact) mass is 433 g/mol. The highest BCUT2D eigenvalue weighted by Gasteiger charge is 2.15. The minimum Gasteiger partial charge on any atom is -0.493 e. The maximum atomic E-state index is 12.8. The van der Waals surface area contributed by atoms with E-state index in [2.05, 4.69) is 20.5 Å². The summed E-state index contributed by atoms with van der Waals surface area (Å²) in [6.45, 7) is 0. The first-order valence-electron chi connectivity index (χ1n) is 10.0. The van der Waals surface area contributed by atoms with Crippen LogP contribution in [-0.2, 0) is 19.9 Å². The molecule has 0 saturated heterocycles. The van der Waals surface area contributed by atoms with Gasteiger partial charge in [0.05, 0.1) is 25.3 Å². The Morgan fingerprint density at radius 3 is 2.62 bits per heavy atom. The third-order valence-corrected chi connectivity index (χ3v) is 5.25. The second-order valence-corrected chi connectivity index (χ2v) is 7.22. The van der Waals surface area contributed by atoms with Crippen LogP contribution < -0.4 is 20.3 Å². The van der Waals surface area contributed by atoms with Gasteiger partial charge in [0.2, 0.25) is 5.95 Å². The Bertz CT molecular complexity index is 1340. The minimum atomic E-state index is -0.440. The number of aryl methyl sites for hydroxylation is 3. The number of hydrogen-bond donors (Lipinski definition) is 2. The van der Waals surface area contributed by atoms with E-state index < -0.39 is 5.91 Å².